The van der Waals surface area contributed by atoms with Gasteiger partial charge >= 0.3 is 5.97 Å². The summed E-state index contributed by atoms with van der Waals surface area (Å²) in [6.45, 7) is 6.62. The second-order valence-electron chi connectivity index (χ2n) is 4.25. The van der Waals surface area contributed by atoms with Crippen LogP contribution in [-0.4, -0.2) is 36.9 Å². The van der Waals surface area contributed by atoms with E-state index in [9.17, 15) is 4.79 Å². The Morgan fingerprint density at radius 2 is 2.07 bits per heavy atom. The fourth-order valence-corrected chi connectivity index (χ4v) is 1.48. The minimum Gasteiger partial charge on any atom is -0.480 e. The van der Waals surface area contributed by atoms with E-state index in [4.69, 9.17) is 9.84 Å². The largest absolute Gasteiger partial charge is 0.480 e. The maximum Gasteiger partial charge on any atom is 0.320 e. The lowest BCUT2D eigenvalue weighted by Crippen LogP contribution is -2.45. The number of methoxy groups -OCH3 is 1. The van der Waals surface area contributed by atoms with Crippen LogP contribution in [0, 0.1) is 5.92 Å². The normalized spacial score (nSPS) is 15.3. The van der Waals surface area contributed by atoms with E-state index in [0.717, 1.165) is 6.42 Å². The van der Waals surface area contributed by atoms with Gasteiger partial charge in [0.25, 0.3) is 0 Å². The van der Waals surface area contributed by atoms with Gasteiger partial charge in [-0.2, -0.15) is 0 Å². The van der Waals surface area contributed by atoms with Crippen LogP contribution in [0.2, 0.25) is 0 Å². The zero-order valence-corrected chi connectivity index (χ0v) is 10.1. The lowest BCUT2D eigenvalue weighted by atomic mass is 10.0. The first kappa shape index (κ1) is 14.4. The Morgan fingerprint density at radius 3 is 2.40 bits per heavy atom. The molecule has 4 heteroatoms. The van der Waals surface area contributed by atoms with Crippen molar-refractivity contribution in [2.75, 3.05) is 13.7 Å². The Morgan fingerprint density at radius 1 is 1.47 bits per heavy atom. The number of nitrogens with one attached hydrogen (secondary N) is 1. The van der Waals surface area contributed by atoms with Gasteiger partial charge < -0.3 is 9.84 Å². The third-order valence-corrected chi connectivity index (χ3v) is 2.30. The van der Waals surface area contributed by atoms with Crippen LogP contribution in [0.3, 0.4) is 0 Å². The van der Waals surface area contributed by atoms with Crippen molar-refractivity contribution in [3.63, 3.8) is 0 Å². The van der Waals surface area contributed by atoms with Gasteiger partial charge in [0.05, 0.1) is 6.61 Å². The number of carbonyl (C=O) groups is 1. The SMILES string of the molecule is CCC(COC)NC(CC(C)C)C(=O)O. The van der Waals surface area contributed by atoms with E-state index in [1.165, 1.54) is 0 Å². The molecule has 0 bridgehead atoms. The van der Waals surface area contributed by atoms with Crippen molar-refractivity contribution < 1.29 is 14.6 Å². The molecular weight excluding hydrogens is 194 g/mol. The fourth-order valence-electron chi connectivity index (χ4n) is 1.48. The standard InChI is InChI=1S/C11H23NO3/c1-5-9(7-15-4)12-10(11(13)14)6-8(2)3/h8-10,12H,5-7H2,1-4H3,(H,13,14). The maximum absolute atomic E-state index is 11.0. The minimum atomic E-state index is -0.779. The summed E-state index contributed by atoms with van der Waals surface area (Å²) in [6, 6.07) is -0.347. The molecule has 0 radical (unpaired) electrons. The van der Waals surface area contributed by atoms with Crippen LogP contribution >= 0.6 is 0 Å². The predicted molar refractivity (Wildman–Crippen MR) is 60.0 cm³/mol. The molecule has 2 atom stereocenters. The topological polar surface area (TPSA) is 58.6 Å². The van der Waals surface area contributed by atoms with Crippen molar-refractivity contribution in [3.8, 4) is 0 Å². The average molecular weight is 217 g/mol. The van der Waals surface area contributed by atoms with Gasteiger partial charge in [-0.05, 0) is 18.8 Å². The molecule has 0 fully saturated rings. The molecule has 2 N–H and O–H groups in total. The highest BCUT2D eigenvalue weighted by molar-refractivity contribution is 5.73. The monoisotopic (exact) mass is 217 g/mol. The minimum absolute atomic E-state index is 0.120. The van der Waals surface area contributed by atoms with Gasteiger partial charge in [-0.25, -0.2) is 0 Å². The van der Waals surface area contributed by atoms with Crippen LogP contribution < -0.4 is 5.32 Å². The number of carboxylic acid groups (broad SMARTS) is 1. The van der Waals surface area contributed by atoms with Gasteiger partial charge in [0, 0.05) is 13.2 Å². The molecule has 2 unspecified atom stereocenters. The van der Waals surface area contributed by atoms with E-state index in [1.54, 1.807) is 7.11 Å². The number of rotatable bonds is 8. The smallest absolute Gasteiger partial charge is 0.320 e. The molecule has 0 aliphatic rings. The van der Waals surface area contributed by atoms with Crippen LogP contribution in [0.1, 0.15) is 33.6 Å². The number of aliphatic carboxylic acids is 1. The number of hydrogen-bond acceptors (Lipinski definition) is 3. The lowest BCUT2D eigenvalue weighted by Gasteiger charge is -2.22. The molecule has 0 aliphatic heterocycles. The Hall–Kier alpha value is -0.610. The zero-order valence-electron chi connectivity index (χ0n) is 10.1. The molecule has 15 heavy (non-hydrogen) atoms. The molecule has 0 spiro atoms. The highest BCUT2D eigenvalue weighted by atomic mass is 16.5. The van der Waals surface area contributed by atoms with E-state index < -0.39 is 12.0 Å². The summed E-state index contributed by atoms with van der Waals surface area (Å²) in [7, 11) is 1.63. The third-order valence-electron chi connectivity index (χ3n) is 2.30. The highest BCUT2D eigenvalue weighted by Gasteiger charge is 2.21. The summed E-state index contributed by atoms with van der Waals surface area (Å²) in [5, 5.41) is 12.1. The van der Waals surface area contributed by atoms with Crippen molar-refractivity contribution in [1.82, 2.24) is 5.32 Å². The number of hydrogen-bond donors (Lipinski definition) is 2. The lowest BCUT2D eigenvalue weighted by molar-refractivity contribution is -0.140. The zero-order chi connectivity index (χ0) is 11.8. The summed E-state index contributed by atoms with van der Waals surface area (Å²) in [4.78, 5) is 11.0. The molecule has 90 valence electrons. The van der Waals surface area contributed by atoms with E-state index in [0.29, 0.717) is 18.9 Å². The third kappa shape index (κ3) is 6.47. The molecule has 0 aromatic rings. The summed E-state index contributed by atoms with van der Waals surface area (Å²) >= 11 is 0. The molecule has 4 nitrogen and oxygen atoms in total. The van der Waals surface area contributed by atoms with Gasteiger partial charge in [0.15, 0.2) is 0 Å². The van der Waals surface area contributed by atoms with Crippen molar-refractivity contribution in [1.29, 1.82) is 0 Å². The van der Waals surface area contributed by atoms with Crippen LogP contribution in [0.4, 0.5) is 0 Å². The van der Waals surface area contributed by atoms with Crippen molar-refractivity contribution >= 4 is 5.97 Å². The molecule has 0 saturated carbocycles. The van der Waals surface area contributed by atoms with Crippen LogP contribution in [-0.2, 0) is 9.53 Å². The van der Waals surface area contributed by atoms with Crippen molar-refractivity contribution in [2.24, 2.45) is 5.92 Å². The first-order chi connectivity index (χ1) is 7.01. The molecule has 0 aliphatic carbocycles. The molecule has 0 amide bonds. The molecule has 0 saturated heterocycles. The molecule has 0 heterocycles. The van der Waals surface area contributed by atoms with Gasteiger partial charge in [-0.15, -0.1) is 0 Å². The molecule has 0 aromatic carbocycles. The quantitative estimate of drug-likeness (QED) is 0.647. The van der Waals surface area contributed by atoms with Gasteiger partial charge in [-0.1, -0.05) is 20.8 Å². The van der Waals surface area contributed by atoms with Crippen LogP contribution in [0.25, 0.3) is 0 Å². The average Bonchev–Trinajstić information content (AvgIpc) is 2.14. The van der Waals surface area contributed by atoms with E-state index in [2.05, 4.69) is 5.32 Å². The van der Waals surface area contributed by atoms with Crippen LogP contribution in [0.15, 0.2) is 0 Å². The molecule has 0 rings (SSSR count). The highest BCUT2D eigenvalue weighted by Crippen LogP contribution is 2.07. The first-order valence-electron chi connectivity index (χ1n) is 5.49. The summed E-state index contributed by atoms with van der Waals surface area (Å²) in [6.07, 6.45) is 1.52. The van der Waals surface area contributed by atoms with Crippen molar-refractivity contribution in [3.05, 3.63) is 0 Å². The van der Waals surface area contributed by atoms with E-state index in [1.807, 2.05) is 20.8 Å². The molecular formula is C11H23NO3. The molecule has 0 aromatic heterocycles. The van der Waals surface area contributed by atoms with E-state index >= 15 is 0 Å². The fraction of sp³-hybridized carbons (Fsp3) is 0.909. The maximum atomic E-state index is 11.0. The van der Waals surface area contributed by atoms with Gasteiger partial charge in [-0.3, -0.25) is 10.1 Å². The predicted octanol–water partition coefficient (Wildman–Crippen LogP) is 1.50. The van der Waals surface area contributed by atoms with Crippen LogP contribution in [0.5, 0.6) is 0 Å². The summed E-state index contributed by atoms with van der Waals surface area (Å²) < 4.78 is 5.03. The second-order valence-corrected chi connectivity index (χ2v) is 4.25. The van der Waals surface area contributed by atoms with Gasteiger partial charge in [0.1, 0.15) is 6.04 Å². The summed E-state index contributed by atoms with van der Waals surface area (Å²) in [5.41, 5.74) is 0. The Balaban J connectivity index is 4.18. The van der Waals surface area contributed by atoms with E-state index in [-0.39, 0.29) is 6.04 Å². The first-order valence-corrected chi connectivity index (χ1v) is 5.49. The second kappa shape index (κ2) is 7.65. The Labute approximate surface area is 92.0 Å². The number of ether oxygens (including phenoxy) is 1. The number of carboxylic acids is 1. The van der Waals surface area contributed by atoms with Gasteiger partial charge in [0.2, 0.25) is 0 Å². The van der Waals surface area contributed by atoms with Crippen molar-refractivity contribution in [2.45, 2.75) is 45.7 Å². The Kier molecular flexibility index (Phi) is 7.34. The summed E-state index contributed by atoms with van der Waals surface area (Å²) in [5.74, 6) is -0.406. The Bertz CT molecular complexity index is 183.